The number of urea groups is 1. The molecule has 36 heavy (non-hydrogen) atoms. The lowest BCUT2D eigenvalue weighted by atomic mass is 9.99. The van der Waals surface area contributed by atoms with E-state index in [0.29, 0.717) is 47.8 Å². The number of benzene rings is 3. The van der Waals surface area contributed by atoms with Gasteiger partial charge in [0.2, 0.25) is 5.89 Å². The minimum Gasteiger partial charge on any atom is -0.494 e. The van der Waals surface area contributed by atoms with Gasteiger partial charge in [-0.15, -0.1) is 0 Å². The highest BCUT2D eigenvalue weighted by atomic mass is 19.4. The quantitative estimate of drug-likeness (QED) is 0.316. The molecule has 186 valence electrons. The Morgan fingerprint density at radius 2 is 1.92 bits per heavy atom. The van der Waals surface area contributed by atoms with Crippen LogP contribution < -0.4 is 10.1 Å². The smallest absolute Gasteiger partial charge is 0.417 e. The maximum absolute atomic E-state index is 13.5. The summed E-state index contributed by atoms with van der Waals surface area (Å²) in [6.07, 6.45) is -3.01. The minimum absolute atomic E-state index is 0.0775. The van der Waals surface area contributed by atoms with E-state index in [-0.39, 0.29) is 17.6 Å². The fraction of sp³-hybridized carbons (Fsp3) is 0.259. The van der Waals surface area contributed by atoms with E-state index in [1.54, 1.807) is 53.4 Å². The predicted octanol–water partition coefficient (Wildman–Crippen LogP) is 7.28. The summed E-state index contributed by atoms with van der Waals surface area (Å²) in [6.45, 7) is 3.00. The molecule has 1 N–H and O–H groups in total. The molecule has 1 saturated heterocycles. The normalized spacial score (nSPS) is 15.9. The summed E-state index contributed by atoms with van der Waals surface area (Å²) in [4.78, 5) is 19.2. The topological polar surface area (TPSA) is 67.6 Å². The van der Waals surface area contributed by atoms with Crippen LogP contribution in [0.2, 0.25) is 0 Å². The summed E-state index contributed by atoms with van der Waals surface area (Å²) in [6, 6.07) is 16.7. The van der Waals surface area contributed by atoms with Crippen molar-refractivity contribution < 1.29 is 27.1 Å². The van der Waals surface area contributed by atoms with Crippen LogP contribution in [0, 0.1) is 0 Å². The van der Waals surface area contributed by atoms with Gasteiger partial charge in [-0.05, 0) is 73.4 Å². The molecule has 1 aliphatic heterocycles. The molecule has 1 aliphatic rings. The van der Waals surface area contributed by atoms with Crippen LogP contribution in [0.5, 0.6) is 5.75 Å². The molecule has 1 atom stereocenters. The molecule has 0 aliphatic carbocycles. The average Bonchev–Trinajstić information content (AvgIpc) is 3.51. The number of aromatic nitrogens is 1. The number of fused-ring (bicyclic) bond motifs is 1. The highest BCUT2D eigenvalue weighted by Gasteiger charge is 2.35. The van der Waals surface area contributed by atoms with Crippen LogP contribution in [0.4, 0.5) is 23.7 Å². The summed E-state index contributed by atoms with van der Waals surface area (Å²) in [7, 11) is 0. The summed E-state index contributed by atoms with van der Waals surface area (Å²) in [5.41, 5.74) is 1.30. The zero-order chi connectivity index (χ0) is 25.3. The van der Waals surface area contributed by atoms with Gasteiger partial charge >= 0.3 is 12.2 Å². The van der Waals surface area contributed by atoms with E-state index < -0.39 is 11.7 Å². The van der Waals surface area contributed by atoms with E-state index in [1.807, 2.05) is 6.92 Å². The van der Waals surface area contributed by atoms with Crippen molar-refractivity contribution in [3.05, 3.63) is 78.2 Å². The van der Waals surface area contributed by atoms with Crippen molar-refractivity contribution in [2.75, 3.05) is 18.5 Å². The zero-order valence-electron chi connectivity index (χ0n) is 19.5. The Morgan fingerprint density at radius 1 is 1.14 bits per heavy atom. The third kappa shape index (κ3) is 4.73. The van der Waals surface area contributed by atoms with Crippen LogP contribution >= 0.6 is 0 Å². The second-order valence-electron chi connectivity index (χ2n) is 8.52. The van der Waals surface area contributed by atoms with Gasteiger partial charge in [0.1, 0.15) is 17.3 Å². The first-order valence-electron chi connectivity index (χ1n) is 11.7. The van der Waals surface area contributed by atoms with Crippen LogP contribution in [0.25, 0.3) is 22.2 Å². The first-order valence-corrected chi connectivity index (χ1v) is 11.7. The Labute approximate surface area is 205 Å². The standard InChI is InChI=1S/C27H24F3N3O3/c1-2-35-19-12-10-18(11-13-19)31-26(34)33-15-5-8-23(33)25-32-22-16-17(9-14-24(22)36-25)20-6-3-4-7-21(20)27(28,29)30/h3-4,6-7,9-14,16,23H,2,5,8,15H2,1H3,(H,31,34)/t23-/m1/s1. The lowest BCUT2D eigenvalue weighted by molar-refractivity contribution is -0.137. The number of oxazole rings is 1. The number of nitrogens with zero attached hydrogens (tertiary/aromatic N) is 2. The molecule has 1 aromatic heterocycles. The Balaban J connectivity index is 1.38. The molecule has 1 fully saturated rings. The van der Waals surface area contributed by atoms with Gasteiger partial charge in [-0.2, -0.15) is 13.2 Å². The minimum atomic E-state index is -4.47. The number of rotatable bonds is 5. The molecule has 4 aromatic rings. The Kier molecular flexibility index (Phi) is 6.30. The lowest BCUT2D eigenvalue weighted by Gasteiger charge is -2.22. The van der Waals surface area contributed by atoms with Crippen molar-refractivity contribution in [3.63, 3.8) is 0 Å². The molecule has 3 aromatic carbocycles. The molecule has 9 heteroatoms. The second-order valence-corrected chi connectivity index (χ2v) is 8.52. The number of anilines is 1. The van der Waals surface area contributed by atoms with Gasteiger partial charge in [0.05, 0.1) is 12.2 Å². The highest BCUT2D eigenvalue weighted by Crippen LogP contribution is 2.39. The van der Waals surface area contributed by atoms with E-state index in [4.69, 9.17) is 9.15 Å². The molecule has 0 bridgehead atoms. The summed E-state index contributed by atoms with van der Waals surface area (Å²) in [5.74, 6) is 1.09. The fourth-order valence-electron chi connectivity index (χ4n) is 4.50. The van der Waals surface area contributed by atoms with Gasteiger partial charge in [-0.25, -0.2) is 9.78 Å². The van der Waals surface area contributed by atoms with Crippen molar-refractivity contribution in [3.8, 4) is 16.9 Å². The van der Waals surface area contributed by atoms with Crippen LogP contribution in [0.3, 0.4) is 0 Å². The Bertz CT molecular complexity index is 1380. The van der Waals surface area contributed by atoms with E-state index in [9.17, 15) is 18.0 Å². The highest BCUT2D eigenvalue weighted by molar-refractivity contribution is 5.90. The fourth-order valence-corrected chi connectivity index (χ4v) is 4.50. The van der Waals surface area contributed by atoms with E-state index in [1.165, 1.54) is 12.1 Å². The van der Waals surface area contributed by atoms with Crippen molar-refractivity contribution >= 4 is 22.8 Å². The average molecular weight is 496 g/mol. The third-order valence-corrected chi connectivity index (χ3v) is 6.16. The number of nitrogens with one attached hydrogen (secondary N) is 1. The van der Waals surface area contributed by atoms with Crippen LogP contribution in [0.15, 0.2) is 71.1 Å². The van der Waals surface area contributed by atoms with Crippen LogP contribution in [-0.2, 0) is 6.18 Å². The van der Waals surface area contributed by atoms with Gasteiger partial charge in [0.15, 0.2) is 5.58 Å². The largest absolute Gasteiger partial charge is 0.494 e. The summed E-state index contributed by atoms with van der Waals surface area (Å²) in [5, 5.41) is 2.89. The maximum Gasteiger partial charge on any atom is 0.417 e. The van der Waals surface area contributed by atoms with Crippen LogP contribution in [0.1, 0.15) is 37.3 Å². The number of ether oxygens (including phenoxy) is 1. The number of likely N-dealkylation sites (tertiary alicyclic amines) is 1. The molecule has 0 radical (unpaired) electrons. The van der Waals surface area contributed by atoms with Gasteiger partial charge in [0, 0.05) is 12.2 Å². The summed E-state index contributed by atoms with van der Waals surface area (Å²) >= 11 is 0. The molecular weight excluding hydrogens is 471 g/mol. The molecule has 0 saturated carbocycles. The molecule has 2 amide bonds. The van der Waals surface area contributed by atoms with Crippen molar-refractivity contribution in [1.29, 1.82) is 0 Å². The van der Waals surface area contributed by atoms with E-state index >= 15 is 0 Å². The monoisotopic (exact) mass is 495 g/mol. The molecule has 5 rings (SSSR count). The number of hydrogen-bond acceptors (Lipinski definition) is 4. The molecule has 2 heterocycles. The first-order chi connectivity index (χ1) is 17.3. The van der Waals surface area contributed by atoms with Crippen molar-refractivity contribution in [2.45, 2.75) is 32.0 Å². The Hall–Kier alpha value is -4.01. The zero-order valence-corrected chi connectivity index (χ0v) is 19.5. The molecule has 6 nitrogen and oxygen atoms in total. The van der Waals surface area contributed by atoms with E-state index in [2.05, 4.69) is 10.3 Å². The molecule has 0 spiro atoms. The Morgan fingerprint density at radius 3 is 2.67 bits per heavy atom. The third-order valence-electron chi connectivity index (χ3n) is 6.16. The molecule has 0 unspecified atom stereocenters. The number of amides is 2. The van der Waals surface area contributed by atoms with Gasteiger partial charge in [-0.1, -0.05) is 24.3 Å². The van der Waals surface area contributed by atoms with Gasteiger partial charge in [-0.3, -0.25) is 0 Å². The summed E-state index contributed by atoms with van der Waals surface area (Å²) < 4.78 is 51.9. The van der Waals surface area contributed by atoms with E-state index in [0.717, 1.165) is 18.2 Å². The van der Waals surface area contributed by atoms with Gasteiger partial charge in [0.25, 0.3) is 0 Å². The number of hydrogen-bond donors (Lipinski definition) is 1. The van der Waals surface area contributed by atoms with Gasteiger partial charge < -0.3 is 19.4 Å². The maximum atomic E-state index is 13.5. The second kappa shape index (κ2) is 9.56. The first kappa shape index (κ1) is 23.7. The van der Waals surface area contributed by atoms with Crippen molar-refractivity contribution in [2.24, 2.45) is 0 Å². The molecular formula is C27H24F3N3O3. The lowest BCUT2D eigenvalue weighted by Crippen LogP contribution is -2.34. The number of carbonyl (C=O) groups excluding carboxylic acids is 1. The van der Waals surface area contributed by atoms with Crippen molar-refractivity contribution in [1.82, 2.24) is 9.88 Å². The SMILES string of the molecule is CCOc1ccc(NC(=O)N2CCC[C@@H]2c2nc3cc(-c4ccccc4C(F)(F)F)ccc3o2)cc1. The van der Waals surface area contributed by atoms with Crippen LogP contribution in [-0.4, -0.2) is 29.1 Å². The number of carbonyl (C=O) groups is 1. The number of halogens is 3. The number of alkyl halides is 3. The predicted molar refractivity (Wildman–Crippen MR) is 130 cm³/mol.